The third-order valence-electron chi connectivity index (χ3n) is 2.57. The minimum Gasteiger partial charge on any atom is -0.497 e. The fraction of sp³-hybridized carbons (Fsp3) is 0.231. The maximum absolute atomic E-state index is 5.24. The third kappa shape index (κ3) is 3.20. The minimum absolute atomic E-state index is 0.434. The van der Waals surface area contributed by atoms with Crippen LogP contribution in [-0.4, -0.2) is 24.2 Å². The van der Waals surface area contributed by atoms with Gasteiger partial charge in [-0.2, -0.15) is 0 Å². The standard InChI is InChI=1S/C13H13BrN2O2S/c1-17-7-10-11(14)13(19)16-12(15-10)8-4-3-5-9(6-8)18-2/h3-6H,7H2,1-2H3,(H,15,16,19). The molecule has 2 rings (SSSR count). The van der Waals surface area contributed by atoms with Crippen LogP contribution >= 0.6 is 28.1 Å². The number of H-pyrrole nitrogens is 1. The summed E-state index contributed by atoms with van der Waals surface area (Å²) in [4.78, 5) is 7.58. The van der Waals surface area contributed by atoms with E-state index in [1.807, 2.05) is 24.3 Å². The quantitative estimate of drug-likeness (QED) is 0.861. The minimum atomic E-state index is 0.434. The van der Waals surface area contributed by atoms with Gasteiger partial charge < -0.3 is 14.5 Å². The second kappa shape index (κ2) is 6.27. The van der Waals surface area contributed by atoms with Gasteiger partial charge in [0.25, 0.3) is 0 Å². The maximum atomic E-state index is 5.24. The van der Waals surface area contributed by atoms with E-state index in [0.29, 0.717) is 17.1 Å². The number of hydrogen-bond acceptors (Lipinski definition) is 4. The van der Waals surface area contributed by atoms with Gasteiger partial charge in [0.1, 0.15) is 16.2 Å². The second-order valence-corrected chi connectivity index (χ2v) is 5.03. The molecule has 0 aliphatic carbocycles. The molecule has 6 heteroatoms. The first-order valence-corrected chi connectivity index (χ1v) is 6.78. The lowest BCUT2D eigenvalue weighted by atomic mass is 10.2. The first-order chi connectivity index (χ1) is 9.15. The van der Waals surface area contributed by atoms with Crippen molar-refractivity contribution in [2.45, 2.75) is 6.61 Å². The van der Waals surface area contributed by atoms with Crippen LogP contribution in [0.1, 0.15) is 5.69 Å². The van der Waals surface area contributed by atoms with Gasteiger partial charge in [-0.1, -0.05) is 24.4 Å². The third-order valence-corrected chi connectivity index (χ3v) is 3.98. The SMILES string of the molecule is COCc1[nH]c(-c2cccc(OC)c2)nc(=S)c1Br. The van der Waals surface area contributed by atoms with Gasteiger partial charge in [0, 0.05) is 12.7 Å². The maximum Gasteiger partial charge on any atom is 0.144 e. The number of aromatic nitrogens is 2. The highest BCUT2D eigenvalue weighted by atomic mass is 79.9. The second-order valence-electron chi connectivity index (χ2n) is 3.85. The van der Waals surface area contributed by atoms with E-state index < -0.39 is 0 Å². The van der Waals surface area contributed by atoms with Gasteiger partial charge in [0.15, 0.2) is 0 Å². The molecule has 0 unspecified atom stereocenters. The van der Waals surface area contributed by atoms with Gasteiger partial charge in [0.05, 0.1) is 23.9 Å². The van der Waals surface area contributed by atoms with Crippen molar-refractivity contribution >= 4 is 28.1 Å². The Kier molecular flexibility index (Phi) is 4.68. The van der Waals surface area contributed by atoms with Gasteiger partial charge >= 0.3 is 0 Å². The van der Waals surface area contributed by atoms with Gasteiger partial charge in [-0.15, -0.1) is 0 Å². The lowest BCUT2D eigenvalue weighted by Gasteiger charge is -2.09. The molecule has 1 aromatic heterocycles. The molecule has 4 nitrogen and oxygen atoms in total. The molecule has 0 fully saturated rings. The van der Waals surface area contributed by atoms with Crippen molar-refractivity contribution < 1.29 is 9.47 Å². The molecule has 0 amide bonds. The van der Waals surface area contributed by atoms with Crippen LogP contribution in [0.5, 0.6) is 5.75 Å². The summed E-state index contributed by atoms with van der Waals surface area (Å²) in [5.74, 6) is 1.47. The summed E-state index contributed by atoms with van der Waals surface area (Å²) in [6.07, 6.45) is 0. The van der Waals surface area contributed by atoms with E-state index in [9.17, 15) is 0 Å². The highest BCUT2D eigenvalue weighted by Crippen LogP contribution is 2.24. The Balaban J connectivity index is 2.52. The van der Waals surface area contributed by atoms with E-state index in [0.717, 1.165) is 21.5 Å². The number of aromatic amines is 1. The number of methoxy groups -OCH3 is 2. The molecule has 0 saturated heterocycles. The highest BCUT2D eigenvalue weighted by Gasteiger charge is 2.08. The molecule has 0 bridgehead atoms. The lowest BCUT2D eigenvalue weighted by molar-refractivity contribution is 0.181. The lowest BCUT2D eigenvalue weighted by Crippen LogP contribution is -2.00. The number of benzene rings is 1. The van der Waals surface area contributed by atoms with Crippen LogP contribution in [0.2, 0.25) is 0 Å². The average Bonchev–Trinajstić information content (AvgIpc) is 2.44. The number of ether oxygens (including phenoxy) is 2. The molecule has 0 spiro atoms. The van der Waals surface area contributed by atoms with Crippen molar-refractivity contribution in [3.8, 4) is 17.1 Å². The van der Waals surface area contributed by atoms with E-state index in [1.54, 1.807) is 14.2 Å². The Morgan fingerprint density at radius 3 is 2.84 bits per heavy atom. The molecule has 19 heavy (non-hydrogen) atoms. The van der Waals surface area contributed by atoms with Crippen LogP contribution in [0.4, 0.5) is 0 Å². The topological polar surface area (TPSA) is 47.1 Å². The van der Waals surface area contributed by atoms with Crippen LogP contribution in [0, 0.1) is 4.64 Å². The van der Waals surface area contributed by atoms with E-state index in [2.05, 4.69) is 25.9 Å². The van der Waals surface area contributed by atoms with Gasteiger partial charge in [-0.25, -0.2) is 4.98 Å². The summed E-state index contributed by atoms with van der Waals surface area (Å²) in [5, 5.41) is 0. The summed E-state index contributed by atoms with van der Waals surface area (Å²) in [6, 6.07) is 7.64. The van der Waals surface area contributed by atoms with Crippen molar-refractivity contribution in [3.05, 3.63) is 39.1 Å². The number of nitrogens with zero attached hydrogens (tertiary/aromatic N) is 1. The van der Waals surface area contributed by atoms with Crippen LogP contribution in [0.15, 0.2) is 28.7 Å². The molecule has 0 radical (unpaired) electrons. The normalized spacial score (nSPS) is 10.5. The summed E-state index contributed by atoms with van der Waals surface area (Å²) >= 11 is 8.65. The van der Waals surface area contributed by atoms with Crippen LogP contribution < -0.4 is 4.74 Å². The zero-order valence-electron chi connectivity index (χ0n) is 10.6. The molecule has 2 aromatic rings. The number of nitrogens with one attached hydrogen (secondary N) is 1. The number of rotatable bonds is 4. The van der Waals surface area contributed by atoms with Crippen LogP contribution in [-0.2, 0) is 11.3 Å². The predicted molar refractivity (Wildman–Crippen MR) is 79.8 cm³/mol. The zero-order chi connectivity index (χ0) is 13.8. The first-order valence-electron chi connectivity index (χ1n) is 5.57. The molecular formula is C13H13BrN2O2S. The van der Waals surface area contributed by atoms with Crippen molar-refractivity contribution in [2.24, 2.45) is 0 Å². The average molecular weight is 341 g/mol. The number of hydrogen-bond donors (Lipinski definition) is 1. The van der Waals surface area contributed by atoms with Gasteiger partial charge in [-0.05, 0) is 28.1 Å². The Morgan fingerprint density at radius 2 is 2.16 bits per heavy atom. The van der Waals surface area contributed by atoms with Crippen molar-refractivity contribution in [1.82, 2.24) is 9.97 Å². The summed E-state index contributed by atoms with van der Waals surface area (Å²) in [6.45, 7) is 0.434. The number of halogens is 1. The van der Waals surface area contributed by atoms with Crippen molar-refractivity contribution in [2.75, 3.05) is 14.2 Å². The Morgan fingerprint density at radius 1 is 1.37 bits per heavy atom. The van der Waals surface area contributed by atoms with Crippen molar-refractivity contribution in [1.29, 1.82) is 0 Å². The molecule has 0 saturated carbocycles. The molecule has 100 valence electrons. The monoisotopic (exact) mass is 340 g/mol. The van der Waals surface area contributed by atoms with Gasteiger partial charge in [0.2, 0.25) is 0 Å². The molecule has 1 heterocycles. The Bertz CT molecular complexity index is 643. The summed E-state index contributed by atoms with van der Waals surface area (Å²) < 4.78 is 11.6. The molecule has 1 aromatic carbocycles. The van der Waals surface area contributed by atoms with E-state index >= 15 is 0 Å². The molecule has 0 aliphatic heterocycles. The fourth-order valence-electron chi connectivity index (χ4n) is 1.66. The fourth-order valence-corrected chi connectivity index (χ4v) is 2.17. The van der Waals surface area contributed by atoms with Crippen molar-refractivity contribution in [3.63, 3.8) is 0 Å². The first kappa shape index (κ1) is 14.2. The summed E-state index contributed by atoms with van der Waals surface area (Å²) in [5.41, 5.74) is 1.77. The van der Waals surface area contributed by atoms with E-state index in [-0.39, 0.29) is 0 Å². The smallest absolute Gasteiger partial charge is 0.144 e. The van der Waals surface area contributed by atoms with Gasteiger partial charge in [-0.3, -0.25) is 0 Å². The Hall–Kier alpha value is -1.24. The Labute approximate surface area is 124 Å². The molecule has 0 atom stereocenters. The molecule has 1 N–H and O–H groups in total. The molecular weight excluding hydrogens is 328 g/mol. The van der Waals surface area contributed by atoms with E-state index in [1.165, 1.54) is 0 Å². The summed E-state index contributed by atoms with van der Waals surface area (Å²) in [7, 11) is 3.27. The predicted octanol–water partition coefficient (Wildman–Crippen LogP) is 3.72. The van der Waals surface area contributed by atoms with E-state index in [4.69, 9.17) is 21.7 Å². The molecule has 0 aliphatic rings. The zero-order valence-corrected chi connectivity index (χ0v) is 13.0. The highest BCUT2D eigenvalue weighted by molar-refractivity contribution is 9.10. The van der Waals surface area contributed by atoms with Crippen LogP contribution in [0.25, 0.3) is 11.4 Å². The largest absolute Gasteiger partial charge is 0.497 e. The van der Waals surface area contributed by atoms with Crippen LogP contribution in [0.3, 0.4) is 0 Å².